The number of nitrogen functional groups attached to an aromatic ring is 1. The summed E-state index contributed by atoms with van der Waals surface area (Å²) in [5.41, 5.74) is 8.71. The van der Waals surface area contributed by atoms with Crippen molar-refractivity contribution in [1.82, 2.24) is 4.98 Å². The highest BCUT2D eigenvalue weighted by Crippen LogP contribution is 2.27. The predicted octanol–water partition coefficient (Wildman–Crippen LogP) is 3.60. The van der Waals surface area contributed by atoms with Gasteiger partial charge in [0.05, 0.1) is 17.4 Å². The Labute approximate surface area is 109 Å². The molecule has 88 valence electrons. The average Bonchev–Trinajstić information content (AvgIpc) is 2.35. The summed E-state index contributed by atoms with van der Waals surface area (Å²) in [4.78, 5) is 4.11. The molecule has 1 aromatic carbocycles. The van der Waals surface area contributed by atoms with Crippen LogP contribution in [-0.4, -0.2) is 4.98 Å². The molecule has 0 saturated carbocycles. The molecule has 0 saturated heterocycles. The van der Waals surface area contributed by atoms with E-state index in [9.17, 15) is 0 Å². The number of benzene rings is 1. The van der Waals surface area contributed by atoms with Crippen LogP contribution in [-0.2, 0) is 0 Å². The fourth-order valence-electron chi connectivity index (χ4n) is 1.60. The Balaban J connectivity index is 2.18. The van der Waals surface area contributed by atoms with E-state index in [0.717, 1.165) is 21.4 Å². The lowest BCUT2D eigenvalue weighted by Gasteiger charge is -2.17. The highest BCUT2D eigenvalue weighted by Gasteiger charge is 2.07. The largest absolute Gasteiger partial charge is 0.397 e. The zero-order chi connectivity index (χ0) is 12.3. The second-order valence-electron chi connectivity index (χ2n) is 3.88. The number of anilines is 2. The maximum atomic E-state index is 5.92. The first-order valence-corrected chi connectivity index (χ1v) is 6.17. The monoisotopic (exact) mass is 291 g/mol. The minimum absolute atomic E-state index is 0.167. The molecule has 0 spiro atoms. The number of nitrogens with zero attached hydrogens (tertiary/aromatic N) is 1. The molecule has 0 aliphatic heterocycles. The molecule has 0 aliphatic carbocycles. The molecule has 3 nitrogen and oxygen atoms in total. The number of rotatable bonds is 3. The van der Waals surface area contributed by atoms with Gasteiger partial charge in [-0.3, -0.25) is 4.98 Å². The number of aromatic nitrogens is 1. The topological polar surface area (TPSA) is 50.9 Å². The Kier molecular flexibility index (Phi) is 3.64. The van der Waals surface area contributed by atoms with E-state index in [2.05, 4.69) is 33.2 Å². The second-order valence-corrected chi connectivity index (χ2v) is 4.80. The highest BCUT2D eigenvalue weighted by molar-refractivity contribution is 9.10. The lowest BCUT2D eigenvalue weighted by Crippen LogP contribution is -2.08. The molecule has 1 heterocycles. The van der Waals surface area contributed by atoms with Gasteiger partial charge in [-0.25, -0.2) is 0 Å². The third-order valence-electron chi connectivity index (χ3n) is 2.57. The van der Waals surface area contributed by atoms with E-state index in [1.807, 2.05) is 36.5 Å². The van der Waals surface area contributed by atoms with Crippen LogP contribution in [0.15, 0.2) is 47.2 Å². The lowest BCUT2D eigenvalue weighted by molar-refractivity contribution is 0.876. The fourth-order valence-corrected chi connectivity index (χ4v) is 1.96. The lowest BCUT2D eigenvalue weighted by atomic mass is 10.1. The van der Waals surface area contributed by atoms with E-state index < -0.39 is 0 Å². The van der Waals surface area contributed by atoms with Crippen LogP contribution in [0.4, 0.5) is 11.4 Å². The summed E-state index contributed by atoms with van der Waals surface area (Å²) in [6, 6.07) is 9.91. The van der Waals surface area contributed by atoms with Crippen LogP contribution in [0.3, 0.4) is 0 Å². The summed E-state index contributed by atoms with van der Waals surface area (Å²) in [5.74, 6) is 0. The van der Waals surface area contributed by atoms with Gasteiger partial charge >= 0.3 is 0 Å². The van der Waals surface area contributed by atoms with E-state index in [0.29, 0.717) is 0 Å². The van der Waals surface area contributed by atoms with Crippen LogP contribution >= 0.6 is 15.9 Å². The number of nitrogens with one attached hydrogen (secondary N) is 1. The summed E-state index contributed by atoms with van der Waals surface area (Å²) < 4.78 is 1.01. The molecule has 0 fully saturated rings. The van der Waals surface area contributed by atoms with Gasteiger partial charge < -0.3 is 11.1 Å². The quantitative estimate of drug-likeness (QED) is 0.850. The molecule has 0 bridgehead atoms. The van der Waals surface area contributed by atoms with Crippen LogP contribution < -0.4 is 11.1 Å². The third-order valence-corrected chi connectivity index (χ3v) is 3.07. The van der Waals surface area contributed by atoms with E-state index in [1.54, 1.807) is 6.20 Å². The summed E-state index contributed by atoms with van der Waals surface area (Å²) in [7, 11) is 0. The fraction of sp³-hybridized carbons (Fsp3) is 0.154. The molecular weight excluding hydrogens is 278 g/mol. The Bertz CT molecular complexity index is 499. The number of pyridine rings is 1. The van der Waals surface area contributed by atoms with Crippen molar-refractivity contribution in [2.24, 2.45) is 0 Å². The van der Waals surface area contributed by atoms with Crippen molar-refractivity contribution in [3.8, 4) is 0 Å². The summed E-state index contributed by atoms with van der Waals surface area (Å²) in [6.45, 7) is 2.08. The molecule has 0 aliphatic rings. The van der Waals surface area contributed by atoms with Crippen molar-refractivity contribution in [2.75, 3.05) is 11.1 Å². The maximum Gasteiger partial charge on any atom is 0.0589 e. The predicted molar refractivity (Wildman–Crippen MR) is 74.8 cm³/mol. The second kappa shape index (κ2) is 5.19. The summed E-state index contributed by atoms with van der Waals surface area (Å²) in [6.07, 6.45) is 3.62. The van der Waals surface area contributed by atoms with E-state index >= 15 is 0 Å². The number of nitrogens with two attached hydrogens (primary N) is 1. The minimum Gasteiger partial charge on any atom is -0.397 e. The van der Waals surface area contributed by atoms with Crippen LogP contribution in [0.1, 0.15) is 18.5 Å². The number of halogens is 1. The Hall–Kier alpha value is -1.55. The molecular formula is C13H14BrN3. The first kappa shape index (κ1) is 11.9. The van der Waals surface area contributed by atoms with Gasteiger partial charge in [0.25, 0.3) is 0 Å². The minimum atomic E-state index is 0.167. The average molecular weight is 292 g/mol. The van der Waals surface area contributed by atoms with Crippen molar-refractivity contribution < 1.29 is 0 Å². The van der Waals surface area contributed by atoms with E-state index in [4.69, 9.17) is 5.73 Å². The normalized spacial score (nSPS) is 12.1. The van der Waals surface area contributed by atoms with Gasteiger partial charge in [0, 0.05) is 16.9 Å². The van der Waals surface area contributed by atoms with Gasteiger partial charge in [0.1, 0.15) is 0 Å². The summed E-state index contributed by atoms with van der Waals surface area (Å²) in [5, 5.41) is 3.37. The van der Waals surface area contributed by atoms with Crippen LogP contribution in [0.5, 0.6) is 0 Å². The molecule has 17 heavy (non-hydrogen) atoms. The SMILES string of the molecule is C[C@H](Nc1cc(Br)ccc1N)c1cccnc1. The Morgan fingerprint density at radius 3 is 2.88 bits per heavy atom. The Morgan fingerprint density at radius 2 is 2.18 bits per heavy atom. The molecule has 4 heteroatoms. The van der Waals surface area contributed by atoms with Gasteiger partial charge in [-0.1, -0.05) is 22.0 Å². The van der Waals surface area contributed by atoms with Crippen molar-refractivity contribution in [2.45, 2.75) is 13.0 Å². The first-order valence-electron chi connectivity index (χ1n) is 5.38. The number of hydrogen-bond donors (Lipinski definition) is 2. The van der Waals surface area contributed by atoms with Gasteiger partial charge in [0.15, 0.2) is 0 Å². The van der Waals surface area contributed by atoms with E-state index in [-0.39, 0.29) is 6.04 Å². The van der Waals surface area contributed by atoms with Crippen molar-refractivity contribution in [1.29, 1.82) is 0 Å². The third kappa shape index (κ3) is 2.97. The van der Waals surface area contributed by atoms with Gasteiger partial charge in [-0.15, -0.1) is 0 Å². The van der Waals surface area contributed by atoms with Crippen LogP contribution in [0, 0.1) is 0 Å². The molecule has 1 aromatic heterocycles. The molecule has 0 amide bonds. The van der Waals surface area contributed by atoms with E-state index in [1.165, 1.54) is 0 Å². The van der Waals surface area contributed by atoms with Crippen molar-refractivity contribution in [3.63, 3.8) is 0 Å². The van der Waals surface area contributed by atoms with Crippen molar-refractivity contribution >= 4 is 27.3 Å². The summed E-state index contributed by atoms with van der Waals surface area (Å²) >= 11 is 3.43. The maximum absolute atomic E-state index is 5.92. The van der Waals surface area contributed by atoms with Gasteiger partial charge in [0.2, 0.25) is 0 Å². The first-order chi connectivity index (χ1) is 8.16. The van der Waals surface area contributed by atoms with Gasteiger partial charge in [-0.2, -0.15) is 0 Å². The zero-order valence-corrected chi connectivity index (χ0v) is 11.1. The van der Waals surface area contributed by atoms with Crippen LogP contribution in [0.2, 0.25) is 0 Å². The smallest absolute Gasteiger partial charge is 0.0589 e. The number of hydrogen-bond acceptors (Lipinski definition) is 3. The molecule has 2 aromatic rings. The zero-order valence-electron chi connectivity index (χ0n) is 9.52. The molecule has 2 rings (SSSR count). The van der Waals surface area contributed by atoms with Gasteiger partial charge in [-0.05, 0) is 36.8 Å². The molecule has 0 radical (unpaired) electrons. The molecule has 1 atom stereocenters. The molecule has 3 N–H and O–H groups in total. The van der Waals surface area contributed by atoms with Crippen LogP contribution in [0.25, 0.3) is 0 Å². The molecule has 0 unspecified atom stereocenters. The Morgan fingerprint density at radius 1 is 1.35 bits per heavy atom. The standard InChI is InChI=1S/C13H14BrN3/c1-9(10-3-2-6-16-8-10)17-13-7-11(14)4-5-12(13)15/h2-9,17H,15H2,1H3/t9-/m0/s1. The van der Waals surface area contributed by atoms with Crippen molar-refractivity contribution in [3.05, 3.63) is 52.8 Å². The highest BCUT2D eigenvalue weighted by atomic mass is 79.9.